The van der Waals surface area contributed by atoms with Crippen LogP contribution < -0.4 is 16.0 Å². The van der Waals surface area contributed by atoms with Gasteiger partial charge < -0.3 is 20.4 Å². The molecule has 4 rings (SSSR count). The van der Waals surface area contributed by atoms with Gasteiger partial charge in [0.25, 0.3) is 0 Å². The van der Waals surface area contributed by atoms with Crippen molar-refractivity contribution in [3.8, 4) is 11.3 Å². The quantitative estimate of drug-likeness (QED) is 0.340. The molecule has 0 saturated carbocycles. The minimum atomic E-state index is -0.592. The van der Waals surface area contributed by atoms with Crippen molar-refractivity contribution in [3.63, 3.8) is 0 Å². The van der Waals surface area contributed by atoms with Crippen LogP contribution in [0.2, 0.25) is 0 Å². The van der Waals surface area contributed by atoms with Crippen molar-refractivity contribution in [3.05, 3.63) is 30.2 Å². The maximum Gasteiger partial charge on any atom is 0.324 e. The number of nitrogens with one attached hydrogen (secondary N) is 3. The second-order valence-electron chi connectivity index (χ2n) is 10.7. The van der Waals surface area contributed by atoms with E-state index >= 15 is 4.39 Å². The number of fused-ring (bicyclic) bond motifs is 1. The van der Waals surface area contributed by atoms with E-state index < -0.39 is 11.8 Å². The predicted octanol–water partition coefficient (Wildman–Crippen LogP) is 4.58. The van der Waals surface area contributed by atoms with Gasteiger partial charge in [-0.05, 0) is 38.2 Å². The van der Waals surface area contributed by atoms with Gasteiger partial charge in [0.1, 0.15) is 17.6 Å². The van der Waals surface area contributed by atoms with Crippen LogP contribution in [0, 0.1) is 11.2 Å². The van der Waals surface area contributed by atoms with Crippen LogP contribution in [0.15, 0.2) is 29.6 Å². The van der Waals surface area contributed by atoms with Gasteiger partial charge in [0.05, 0.1) is 11.1 Å². The minimum Gasteiger partial charge on any atom is -0.390 e. The molecule has 11 nitrogen and oxygen atoms in total. The van der Waals surface area contributed by atoms with Gasteiger partial charge in [0.15, 0.2) is 11.5 Å². The second-order valence-corrected chi connectivity index (χ2v) is 10.7. The molecule has 0 bridgehead atoms. The zero-order valence-electron chi connectivity index (χ0n) is 23.5. The summed E-state index contributed by atoms with van der Waals surface area (Å²) < 4.78 is 16.7. The largest absolute Gasteiger partial charge is 0.390 e. The molecule has 0 spiro atoms. The molecule has 3 aromatic rings. The van der Waals surface area contributed by atoms with Gasteiger partial charge in [0.2, 0.25) is 5.95 Å². The highest BCUT2D eigenvalue weighted by Crippen LogP contribution is 2.30. The van der Waals surface area contributed by atoms with Crippen LogP contribution in [0.4, 0.5) is 20.8 Å². The molecular formula is C27H38FN9O2. The Balaban J connectivity index is 1.40. The normalized spacial score (nSPS) is 15.4. The first-order valence-electron chi connectivity index (χ1n) is 13.4. The fourth-order valence-electron chi connectivity index (χ4n) is 4.34. The van der Waals surface area contributed by atoms with Crippen molar-refractivity contribution in [2.45, 2.75) is 53.6 Å². The van der Waals surface area contributed by atoms with E-state index in [-0.39, 0.29) is 17.2 Å². The first-order chi connectivity index (χ1) is 18.6. The average molecular weight is 540 g/mol. The Morgan fingerprint density at radius 1 is 1.23 bits per heavy atom. The standard InChI is InChI=1S/C27H38FN9O2/c1-7-37(8-2)13-9-12-29-25-30-16-18-23(34-36(6)24(18)33-25)17-10-11-20(19(28)14-17)31-26(38)32-22-15-21(39-35-22)27(3,4)5/h10-11,14,16,21H,7-9,12-13,15H2,1-6H3,(H,29,30,33)(H2,31,32,35,38). The molecule has 1 aromatic carbocycles. The summed E-state index contributed by atoms with van der Waals surface area (Å²) in [5, 5.41) is 17.6. The molecule has 39 heavy (non-hydrogen) atoms. The lowest BCUT2D eigenvalue weighted by Gasteiger charge is -2.23. The van der Waals surface area contributed by atoms with E-state index in [1.165, 1.54) is 12.1 Å². The zero-order chi connectivity index (χ0) is 28.2. The summed E-state index contributed by atoms with van der Waals surface area (Å²) in [4.78, 5) is 29.3. The molecule has 1 atom stereocenters. The van der Waals surface area contributed by atoms with E-state index in [9.17, 15) is 4.79 Å². The van der Waals surface area contributed by atoms with Crippen LogP contribution in [-0.2, 0) is 11.9 Å². The van der Waals surface area contributed by atoms with Crippen molar-refractivity contribution in [1.29, 1.82) is 0 Å². The fraction of sp³-hybridized carbons (Fsp3) is 0.519. The Morgan fingerprint density at radius 3 is 2.67 bits per heavy atom. The zero-order valence-corrected chi connectivity index (χ0v) is 23.5. The highest BCUT2D eigenvalue weighted by Gasteiger charge is 2.33. The number of hydrogen-bond donors (Lipinski definition) is 3. The van der Waals surface area contributed by atoms with Crippen LogP contribution in [0.1, 0.15) is 47.5 Å². The Kier molecular flexibility index (Phi) is 8.63. The number of amidine groups is 1. The number of aromatic nitrogens is 4. The summed E-state index contributed by atoms with van der Waals surface area (Å²) in [5.41, 5.74) is 1.67. The molecule has 12 heteroatoms. The summed E-state index contributed by atoms with van der Waals surface area (Å²) in [6, 6.07) is 3.95. The number of urea groups is 1. The number of anilines is 2. The number of benzene rings is 1. The number of carbonyl (C=O) groups excluding carboxylic acids is 1. The molecule has 1 aliphatic heterocycles. The van der Waals surface area contributed by atoms with E-state index in [0.29, 0.717) is 40.5 Å². The molecule has 0 fully saturated rings. The van der Waals surface area contributed by atoms with Gasteiger partial charge in [-0.25, -0.2) is 18.9 Å². The summed E-state index contributed by atoms with van der Waals surface area (Å²) >= 11 is 0. The van der Waals surface area contributed by atoms with Crippen LogP contribution in [0.5, 0.6) is 0 Å². The van der Waals surface area contributed by atoms with Gasteiger partial charge >= 0.3 is 6.03 Å². The average Bonchev–Trinajstić information content (AvgIpc) is 3.50. The third-order valence-corrected chi connectivity index (χ3v) is 6.79. The third-order valence-electron chi connectivity index (χ3n) is 6.79. The number of carbonyl (C=O) groups is 1. The summed E-state index contributed by atoms with van der Waals surface area (Å²) in [6.45, 7) is 14.3. The van der Waals surface area contributed by atoms with Crippen molar-refractivity contribution in [2.24, 2.45) is 17.6 Å². The van der Waals surface area contributed by atoms with Crippen LogP contribution in [0.3, 0.4) is 0 Å². The molecule has 3 N–H and O–H groups in total. The lowest BCUT2D eigenvalue weighted by atomic mass is 9.87. The monoisotopic (exact) mass is 539 g/mol. The lowest BCUT2D eigenvalue weighted by Crippen LogP contribution is -2.36. The number of hydrogen-bond acceptors (Lipinski definition) is 8. The van der Waals surface area contributed by atoms with Gasteiger partial charge in [-0.3, -0.25) is 5.32 Å². The number of aryl methyl sites for hydroxylation is 1. The molecule has 0 saturated heterocycles. The molecular weight excluding hydrogens is 501 g/mol. The highest BCUT2D eigenvalue weighted by atomic mass is 19.1. The maximum absolute atomic E-state index is 15.0. The fourth-order valence-corrected chi connectivity index (χ4v) is 4.34. The molecule has 3 heterocycles. The van der Waals surface area contributed by atoms with Gasteiger partial charge in [-0.1, -0.05) is 45.8 Å². The van der Waals surface area contributed by atoms with Gasteiger partial charge in [-0.15, -0.1) is 0 Å². The van der Waals surface area contributed by atoms with Crippen LogP contribution in [0.25, 0.3) is 22.3 Å². The molecule has 0 radical (unpaired) electrons. The number of rotatable bonds is 9. The SMILES string of the molecule is CCN(CC)CCCNc1ncc2c(-c3ccc(NC(=O)NC4=NOC(C(C)(C)C)C4)c(F)c3)nn(C)c2n1. The molecule has 1 aliphatic rings. The van der Waals surface area contributed by atoms with Crippen LogP contribution >= 0.6 is 0 Å². The second kappa shape index (κ2) is 11.9. The van der Waals surface area contributed by atoms with Crippen molar-refractivity contribution >= 4 is 34.5 Å². The van der Waals surface area contributed by atoms with E-state index in [1.807, 2.05) is 20.8 Å². The topological polar surface area (TPSA) is 122 Å². The minimum absolute atomic E-state index is 0.0378. The van der Waals surface area contributed by atoms with E-state index in [2.05, 4.69) is 54.9 Å². The number of oxime groups is 1. The van der Waals surface area contributed by atoms with Crippen molar-refractivity contribution in [1.82, 2.24) is 30.0 Å². The van der Waals surface area contributed by atoms with Crippen molar-refractivity contribution < 1.29 is 14.0 Å². The third kappa shape index (κ3) is 6.80. The first kappa shape index (κ1) is 28.2. The van der Waals surface area contributed by atoms with Crippen LogP contribution in [-0.4, -0.2) is 68.8 Å². The van der Waals surface area contributed by atoms with E-state index in [0.717, 1.165) is 32.6 Å². The smallest absolute Gasteiger partial charge is 0.324 e. The first-order valence-corrected chi connectivity index (χ1v) is 13.4. The Labute approximate surface area is 228 Å². The highest BCUT2D eigenvalue weighted by molar-refractivity contribution is 6.03. The molecule has 2 aromatic heterocycles. The maximum atomic E-state index is 15.0. The summed E-state index contributed by atoms with van der Waals surface area (Å²) in [5.74, 6) is 0.340. The number of amides is 2. The molecule has 2 amide bonds. The lowest BCUT2D eigenvalue weighted by molar-refractivity contribution is 0.00830. The Morgan fingerprint density at radius 2 is 2.00 bits per heavy atom. The Hall–Kier alpha value is -3.80. The van der Waals surface area contributed by atoms with Gasteiger partial charge in [-0.2, -0.15) is 10.1 Å². The molecule has 1 unspecified atom stereocenters. The predicted molar refractivity (Wildman–Crippen MR) is 151 cm³/mol. The van der Waals surface area contributed by atoms with E-state index in [1.54, 1.807) is 24.0 Å². The van der Waals surface area contributed by atoms with Gasteiger partial charge in [0, 0.05) is 37.2 Å². The summed E-state index contributed by atoms with van der Waals surface area (Å²) in [7, 11) is 1.79. The van der Waals surface area contributed by atoms with Crippen molar-refractivity contribution in [2.75, 3.05) is 36.8 Å². The summed E-state index contributed by atoms with van der Waals surface area (Å²) in [6.07, 6.45) is 3.02. The molecule has 210 valence electrons. The number of nitrogens with zero attached hydrogens (tertiary/aromatic N) is 6. The number of halogens is 1. The Bertz CT molecular complexity index is 1350. The molecule has 0 aliphatic carbocycles. The van der Waals surface area contributed by atoms with E-state index in [4.69, 9.17) is 4.84 Å².